The lowest BCUT2D eigenvalue weighted by atomic mass is 9.79. The monoisotopic (exact) mass is 281 g/mol. The first-order valence-electron chi connectivity index (χ1n) is 8.12. The number of hydrogen-bond donors (Lipinski definition) is 1. The van der Waals surface area contributed by atoms with E-state index in [2.05, 4.69) is 52.3 Å². The van der Waals surface area contributed by atoms with E-state index < -0.39 is 0 Å². The molecule has 4 rings (SSSR count). The van der Waals surface area contributed by atoms with Crippen LogP contribution in [0.4, 0.5) is 0 Å². The first-order chi connectivity index (χ1) is 10.3. The minimum Gasteiger partial charge on any atom is -0.331 e. The topological polar surface area (TPSA) is 29.9 Å². The predicted octanol–water partition coefficient (Wildman–Crippen LogP) is 3.39. The number of aryl methyl sites for hydroxylation is 1. The highest BCUT2D eigenvalue weighted by molar-refractivity contribution is 5.30. The molecular formula is C18H23N3. The van der Waals surface area contributed by atoms with Crippen LogP contribution in [0.5, 0.6) is 0 Å². The van der Waals surface area contributed by atoms with E-state index >= 15 is 0 Å². The van der Waals surface area contributed by atoms with Crippen molar-refractivity contribution >= 4 is 0 Å². The molecule has 1 aliphatic carbocycles. The molecule has 1 aliphatic heterocycles. The van der Waals surface area contributed by atoms with Gasteiger partial charge in [-0.2, -0.15) is 0 Å². The SMILES string of the molecule is Cc1cccc(C2CNCCC2c2cncn2C2CC2)c1. The summed E-state index contributed by atoms with van der Waals surface area (Å²) in [6, 6.07) is 9.73. The molecule has 0 bridgehead atoms. The Bertz CT molecular complexity index is 627. The number of rotatable bonds is 3. The molecule has 21 heavy (non-hydrogen) atoms. The number of imidazole rings is 1. The molecule has 2 heterocycles. The van der Waals surface area contributed by atoms with Gasteiger partial charge in [0.1, 0.15) is 0 Å². The van der Waals surface area contributed by atoms with Crippen LogP contribution in [0.1, 0.15) is 54.0 Å². The highest BCUT2D eigenvalue weighted by Gasteiger charge is 2.33. The lowest BCUT2D eigenvalue weighted by Gasteiger charge is -2.33. The van der Waals surface area contributed by atoms with Gasteiger partial charge in [-0.3, -0.25) is 0 Å². The zero-order valence-corrected chi connectivity index (χ0v) is 12.6. The van der Waals surface area contributed by atoms with E-state index in [-0.39, 0.29) is 0 Å². The summed E-state index contributed by atoms with van der Waals surface area (Å²) in [6.45, 7) is 4.37. The van der Waals surface area contributed by atoms with Gasteiger partial charge in [0.2, 0.25) is 0 Å². The Balaban J connectivity index is 1.69. The Morgan fingerprint density at radius 1 is 1.19 bits per heavy atom. The van der Waals surface area contributed by atoms with Gasteiger partial charge in [0.15, 0.2) is 0 Å². The number of nitrogens with one attached hydrogen (secondary N) is 1. The Hall–Kier alpha value is -1.61. The second-order valence-corrected chi connectivity index (χ2v) is 6.58. The Kier molecular flexibility index (Phi) is 3.30. The lowest BCUT2D eigenvalue weighted by molar-refractivity contribution is 0.387. The van der Waals surface area contributed by atoms with Crippen LogP contribution in [0.2, 0.25) is 0 Å². The van der Waals surface area contributed by atoms with Crippen LogP contribution in [-0.2, 0) is 0 Å². The fourth-order valence-corrected chi connectivity index (χ4v) is 3.72. The van der Waals surface area contributed by atoms with Crippen molar-refractivity contribution in [2.45, 2.75) is 44.1 Å². The molecule has 0 radical (unpaired) electrons. The van der Waals surface area contributed by atoms with E-state index in [1.807, 2.05) is 6.33 Å². The summed E-state index contributed by atoms with van der Waals surface area (Å²) in [6.07, 6.45) is 8.00. The molecule has 2 aliphatic rings. The average Bonchev–Trinajstić information content (AvgIpc) is 3.24. The van der Waals surface area contributed by atoms with E-state index in [1.165, 1.54) is 36.1 Å². The second kappa shape index (κ2) is 5.30. The first-order valence-corrected chi connectivity index (χ1v) is 8.12. The van der Waals surface area contributed by atoms with Crippen molar-refractivity contribution in [3.8, 4) is 0 Å². The molecule has 1 N–H and O–H groups in total. The van der Waals surface area contributed by atoms with Crippen LogP contribution in [-0.4, -0.2) is 22.6 Å². The van der Waals surface area contributed by atoms with E-state index in [0.717, 1.165) is 19.1 Å². The lowest BCUT2D eigenvalue weighted by Crippen LogP contribution is -2.34. The van der Waals surface area contributed by atoms with Crippen LogP contribution in [0.15, 0.2) is 36.8 Å². The maximum absolute atomic E-state index is 4.45. The quantitative estimate of drug-likeness (QED) is 0.934. The van der Waals surface area contributed by atoms with Gasteiger partial charge in [0, 0.05) is 36.3 Å². The normalized spacial score (nSPS) is 26.0. The minimum atomic E-state index is 0.563. The molecule has 0 spiro atoms. The summed E-state index contributed by atoms with van der Waals surface area (Å²) in [4.78, 5) is 4.45. The molecule has 2 atom stereocenters. The van der Waals surface area contributed by atoms with Gasteiger partial charge in [-0.1, -0.05) is 29.8 Å². The largest absolute Gasteiger partial charge is 0.331 e. The van der Waals surface area contributed by atoms with Crippen LogP contribution >= 0.6 is 0 Å². The summed E-state index contributed by atoms with van der Waals surface area (Å²) < 4.78 is 2.44. The highest BCUT2D eigenvalue weighted by Crippen LogP contribution is 2.42. The molecule has 1 saturated carbocycles. The fraction of sp³-hybridized carbons (Fsp3) is 0.500. The van der Waals surface area contributed by atoms with Gasteiger partial charge in [0.05, 0.1) is 6.33 Å². The van der Waals surface area contributed by atoms with Crippen LogP contribution in [0.25, 0.3) is 0 Å². The van der Waals surface area contributed by atoms with Gasteiger partial charge >= 0.3 is 0 Å². The van der Waals surface area contributed by atoms with Crippen LogP contribution in [0.3, 0.4) is 0 Å². The van der Waals surface area contributed by atoms with Gasteiger partial charge < -0.3 is 9.88 Å². The predicted molar refractivity (Wildman–Crippen MR) is 84.6 cm³/mol. The molecule has 3 nitrogen and oxygen atoms in total. The fourth-order valence-electron chi connectivity index (χ4n) is 3.72. The van der Waals surface area contributed by atoms with Gasteiger partial charge in [-0.25, -0.2) is 4.98 Å². The number of piperidine rings is 1. The zero-order valence-electron chi connectivity index (χ0n) is 12.6. The van der Waals surface area contributed by atoms with Gasteiger partial charge in [-0.15, -0.1) is 0 Å². The molecule has 1 saturated heterocycles. The molecule has 3 heteroatoms. The standard InChI is InChI=1S/C18H23N3/c1-13-3-2-4-14(9-13)17-10-19-8-7-16(17)18-11-20-12-21(18)15-5-6-15/h2-4,9,11-12,15-17,19H,5-8,10H2,1H3. The van der Waals surface area contributed by atoms with Crippen LogP contribution < -0.4 is 5.32 Å². The number of nitrogens with zero attached hydrogens (tertiary/aromatic N) is 2. The maximum atomic E-state index is 4.45. The molecule has 1 aromatic carbocycles. The second-order valence-electron chi connectivity index (χ2n) is 6.58. The Morgan fingerprint density at radius 3 is 2.90 bits per heavy atom. The molecular weight excluding hydrogens is 258 g/mol. The summed E-state index contributed by atoms with van der Waals surface area (Å²) >= 11 is 0. The van der Waals surface area contributed by atoms with E-state index in [0.29, 0.717) is 11.8 Å². The third-order valence-electron chi connectivity index (χ3n) is 4.97. The number of hydrogen-bond acceptors (Lipinski definition) is 2. The van der Waals surface area contributed by atoms with E-state index in [4.69, 9.17) is 0 Å². The van der Waals surface area contributed by atoms with E-state index in [1.54, 1.807) is 0 Å². The number of benzene rings is 1. The molecule has 2 aromatic rings. The summed E-state index contributed by atoms with van der Waals surface area (Å²) in [5.74, 6) is 1.16. The van der Waals surface area contributed by atoms with E-state index in [9.17, 15) is 0 Å². The van der Waals surface area contributed by atoms with Crippen molar-refractivity contribution in [1.82, 2.24) is 14.9 Å². The first kappa shape index (κ1) is 13.1. The summed E-state index contributed by atoms with van der Waals surface area (Å²) in [5.41, 5.74) is 4.27. The molecule has 1 aromatic heterocycles. The van der Waals surface area contributed by atoms with Crippen molar-refractivity contribution in [2.75, 3.05) is 13.1 Å². The minimum absolute atomic E-state index is 0.563. The van der Waals surface area contributed by atoms with Crippen molar-refractivity contribution < 1.29 is 0 Å². The summed E-state index contributed by atoms with van der Waals surface area (Å²) in [7, 11) is 0. The van der Waals surface area contributed by atoms with Crippen LogP contribution in [0, 0.1) is 6.92 Å². The van der Waals surface area contributed by atoms with Crippen molar-refractivity contribution in [3.63, 3.8) is 0 Å². The average molecular weight is 281 g/mol. The van der Waals surface area contributed by atoms with Crippen molar-refractivity contribution in [3.05, 3.63) is 53.6 Å². The molecule has 2 fully saturated rings. The molecule has 2 unspecified atom stereocenters. The van der Waals surface area contributed by atoms with Crippen molar-refractivity contribution in [1.29, 1.82) is 0 Å². The third-order valence-corrected chi connectivity index (χ3v) is 4.97. The molecule has 0 amide bonds. The number of aromatic nitrogens is 2. The third kappa shape index (κ3) is 2.51. The zero-order chi connectivity index (χ0) is 14.2. The molecule has 110 valence electrons. The Labute approximate surface area is 126 Å². The Morgan fingerprint density at radius 2 is 2.10 bits per heavy atom. The highest BCUT2D eigenvalue weighted by atomic mass is 15.1. The maximum Gasteiger partial charge on any atom is 0.0950 e. The smallest absolute Gasteiger partial charge is 0.0950 e. The summed E-state index contributed by atoms with van der Waals surface area (Å²) in [5, 5.41) is 3.58. The van der Waals surface area contributed by atoms with Crippen molar-refractivity contribution in [2.24, 2.45) is 0 Å². The van der Waals surface area contributed by atoms with Gasteiger partial charge in [0.25, 0.3) is 0 Å². The van der Waals surface area contributed by atoms with Gasteiger partial charge in [-0.05, 0) is 38.3 Å².